The lowest BCUT2D eigenvalue weighted by molar-refractivity contribution is -0.137. The SMILES string of the molecule is CCOC(=O)C=Cc1ccc(NC(=O)c2ccc(-n3cc(C)cn3)cc2)cc1. The van der Waals surface area contributed by atoms with Gasteiger partial charge in [0.15, 0.2) is 0 Å². The summed E-state index contributed by atoms with van der Waals surface area (Å²) in [5.74, 6) is -0.577. The van der Waals surface area contributed by atoms with Crippen molar-refractivity contribution in [2.24, 2.45) is 0 Å². The summed E-state index contributed by atoms with van der Waals surface area (Å²) < 4.78 is 6.60. The van der Waals surface area contributed by atoms with Crippen LogP contribution in [-0.4, -0.2) is 28.3 Å². The van der Waals surface area contributed by atoms with Gasteiger partial charge in [0.25, 0.3) is 5.91 Å². The van der Waals surface area contributed by atoms with Gasteiger partial charge in [-0.1, -0.05) is 12.1 Å². The Bertz CT molecular complexity index is 987. The molecule has 0 unspecified atom stereocenters. The fourth-order valence-corrected chi connectivity index (χ4v) is 2.56. The highest BCUT2D eigenvalue weighted by Gasteiger charge is 2.07. The average Bonchev–Trinajstić information content (AvgIpc) is 3.14. The highest BCUT2D eigenvalue weighted by Crippen LogP contribution is 2.14. The first kappa shape index (κ1) is 19.1. The van der Waals surface area contributed by atoms with Crippen molar-refractivity contribution < 1.29 is 14.3 Å². The zero-order valence-electron chi connectivity index (χ0n) is 15.8. The number of carbonyl (C=O) groups excluding carboxylic acids is 2. The monoisotopic (exact) mass is 375 g/mol. The Morgan fingerprint density at radius 1 is 1.11 bits per heavy atom. The molecule has 1 N–H and O–H groups in total. The van der Waals surface area contributed by atoms with Crippen LogP contribution in [0.5, 0.6) is 0 Å². The number of hydrogen-bond donors (Lipinski definition) is 1. The molecule has 2 aromatic carbocycles. The van der Waals surface area contributed by atoms with Gasteiger partial charge < -0.3 is 10.1 Å². The molecule has 1 amide bonds. The lowest BCUT2D eigenvalue weighted by Gasteiger charge is -2.07. The van der Waals surface area contributed by atoms with Gasteiger partial charge in [0.1, 0.15) is 0 Å². The number of nitrogens with zero attached hydrogens (tertiary/aromatic N) is 2. The minimum atomic E-state index is -0.381. The van der Waals surface area contributed by atoms with Crippen molar-refractivity contribution in [1.82, 2.24) is 9.78 Å². The fourth-order valence-electron chi connectivity index (χ4n) is 2.56. The number of hydrogen-bond acceptors (Lipinski definition) is 4. The van der Waals surface area contributed by atoms with E-state index in [1.807, 2.05) is 37.4 Å². The second-order valence-corrected chi connectivity index (χ2v) is 6.17. The Morgan fingerprint density at radius 2 is 1.82 bits per heavy atom. The van der Waals surface area contributed by atoms with Crippen LogP contribution in [0.3, 0.4) is 0 Å². The lowest BCUT2D eigenvalue weighted by Crippen LogP contribution is -2.11. The van der Waals surface area contributed by atoms with Crippen LogP contribution in [-0.2, 0) is 9.53 Å². The average molecular weight is 375 g/mol. The van der Waals surface area contributed by atoms with E-state index in [4.69, 9.17) is 4.74 Å². The van der Waals surface area contributed by atoms with Gasteiger partial charge in [0, 0.05) is 23.5 Å². The molecule has 0 atom stereocenters. The first-order valence-electron chi connectivity index (χ1n) is 8.93. The predicted octanol–water partition coefficient (Wildman–Crippen LogP) is 4.01. The van der Waals surface area contributed by atoms with Crippen LogP contribution in [0.25, 0.3) is 11.8 Å². The number of amides is 1. The third kappa shape index (κ3) is 4.94. The second kappa shape index (κ2) is 8.81. The van der Waals surface area contributed by atoms with E-state index < -0.39 is 0 Å². The summed E-state index contributed by atoms with van der Waals surface area (Å²) >= 11 is 0. The normalized spacial score (nSPS) is 10.8. The molecule has 0 saturated heterocycles. The molecule has 0 aliphatic carbocycles. The van der Waals surface area contributed by atoms with Crippen LogP contribution in [0.4, 0.5) is 5.69 Å². The van der Waals surface area contributed by atoms with Crippen LogP contribution in [0.15, 0.2) is 67.0 Å². The summed E-state index contributed by atoms with van der Waals surface area (Å²) in [6, 6.07) is 14.4. The van der Waals surface area contributed by atoms with E-state index in [1.54, 1.807) is 48.1 Å². The van der Waals surface area contributed by atoms with Crippen molar-refractivity contribution in [3.05, 3.63) is 83.7 Å². The van der Waals surface area contributed by atoms with Crippen molar-refractivity contribution in [2.45, 2.75) is 13.8 Å². The van der Waals surface area contributed by atoms with Crippen molar-refractivity contribution in [3.63, 3.8) is 0 Å². The summed E-state index contributed by atoms with van der Waals surface area (Å²) in [5, 5.41) is 7.11. The molecule has 3 aromatic rings. The molecule has 6 heteroatoms. The van der Waals surface area contributed by atoms with Gasteiger partial charge in [0.2, 0.25) is 0 Å². The Kier molecular flexibility index (Phi) is 6.01. The molecule has 0 aliphatic heterocycles. The quantitative estimate of drug-likeness (QED) is 0.522. The molecule has 1 heterocycles. The molecule has 0 spiro atoms. The van der Waals surface area contributed by atoms with Gasteiger partial charge in [-0.25, -0.2) is 9.48 Å². The second-order valence-electron chi connectivity index (χ2n) is 6.17. The molecule has 0 fully saturated rings. The largest absolute Gasteiger partial charge is 0.463 e. The number of rotatable bonds is 6. The summed E-state index contributed by atoms with van der Waals surface area (Å²) in [4.78, 5) is 23.8. The van der Waals surface area contributed by atoms with E-state index in [0.29, 0.717) is 17.9 Å². The van der Waals surface area contributed by atoms with E-state index in [0.717, 1.165) is 16.8 Å². The minimum Gasteiger partial charge on any atom is -0.463 e. The maximum Gasteiger partial charge on any atom is 0.330 e. The van der Waals surface area contributed by atoms with Gasteiger partial charge in [-0.05, 0) is 67.4 Å². The topological polar surface area (TPSA) is 73.2 Å². The van der Waals surface area contributed by atoms with E-state index in [1.165, 1.54) is 6.08 Å². The molecule has 3 rings (SSSR count). The molecule has 0 bridgehead atoms. The van der Waals surface area contributed by atoms with E-state index >= 15 is 0 Å². The number of ether oxygens (including phenoxy) is 1. The maximum atomic E-state index is 12.4. The molecular weight excluding hydrogens is 354 g/mol. The highest BCUT2D eigenvalue weighted by molar-refractivity contribution is 6.04. The first-order valence-corrected chi connectivity index (χ1v) is 8.93. The van der Waals surface area contributed by atoms with Gasteiger partial charge >= 0.3 is 5.97 Å². The Labute approximate surface area is 163 Å². The molecule has 28 heavy (non-hydrogen) atoms. The molecule has 0 aliphatic rings. The van der Waals surface area contributed by atoms with Crippen LogP contribution in [0.2, 0.25) is 0 Å². The first-order chi connectivity index (χ1) is 13.5. The maximum absolute atomic E-state index is 12.4. The highest BCUT2D eigenvalue weighted by atomic mass is 16.5. The zero-order chi connectivity index (χ0) is 19.9. The lowest BCUT2D eigenvalue weighted by atomic mass is 10.1. The number of aryl methyl sites for hydroxylation is 1. The van der Waals surface area contributed by atoms with Gasteiger partial charge in [0.05, 0.1) is 18.5 Å². The fraction of sp³-hybridized carbons (Fsp3) is 0.136. The minimum absolute atomic E-state index is 0.196. The van der Waals surface area contributed by atoms with E-state index in [-0.39, 0.29) is 11.9 Å². The van der Waals surface area contributed by atoms with Crippen molar-refractivity contribution in [3.8, 4) is 5.69 Å². The third-order valence-electron chi connectivity index (χ3n) is 3.97. The summed E-state index contributed by atoms with van der Waals surface area (Å²) in [6.45, 7) is 4.08. The Morgan fingerprint density at radius 3 is 2.43 bits per heavy atom. The molecule has 6 nitrogen and oxygen atoms in total. The number of carbonyl (C=O) groups is 2. The van der Waals surface area contributed by atoms with Crippen molar-refractivity contribution >= 4 is 23.6 Å². The summed E-state index contributed by atoms with van der Waals surface area (Å²) in [5.41, 5.74) is 4.03. The van der Waals surface area contributed by atoms with Crippen LogP contribution >= 0.6 is 0 Å². The number of benzene rings is 2. The van der Waals surface area contributed by atoms with Gasteiger partial charge in [-0.3, -0.25) is 4.79 Å². The van der Waals surface area contributed by atoms with Crippen LogP contribution < -0.4 is 5.32 Å². The number of anilines is 1. The summed E-state index contributed by atoms with van der Waals surface area (Å²) in [6.07, 6.45) is 6.75. The van der Waals surface area contributed by atoms with Crippen LogP contribution in [0.1, 0.15) is 28.4 Å². The predicted molar refractivity (Wildman–Crippen MR) is 108 cm³/mol. The molecule has 0 saturated carbocycles. The van der Waals surface area contributed by atoms with Gasteiger partial charge in [-0.15, -0.1) is 0 Å². The Balaban J connectivity index is 1.62. The number of esters is 1. The van der Waals surface area contributed by atoms with Crippen molar-refractivity contribution in [1.29, 1.82) is 0 Å². The number of aromatic nitrogens is 2. The Hall–Kier alpha value is -3.67. The zero-order valence-corrected chi connectivity index (χ0v) is 15.8. The third-order valence-corrected chi connectivity index (χ3v) is 3.97. The molecular formula is C22H21N3O3. The standard InChI is InChI=1S/C22H21N3O3/c1-3-28-21(26)13-6-17-4-9-19(10-5-17)24-22(27)18-7-11-20(12-8-18)25-15-16(2)14-23-25/h4-15H,3H2,1-2H3,(H,24,27). The molecule has 1 aromatic heterocycles. The van der Waals surface area contributed by atoms with E-state index in [9.17, 15) is 9.59 Å². The summed E-state index contributed by atoms with van der Waals surface area (Å²) in [7, 11) is 0. The molecule has 142 valence electrons. The molecule has 0 radical (unpaired) electrons. The smallest absolute Gasteiger partial charge is 0.330 e. The van der Waals surface area contributed by atoms with Crippen molar-refractivity contribution in [2.75, 3.05) is 11.9 Å². The van der Waals surface area contributed by atoms with Gasteiger partial charge in [-0.2, -0.15) is 5.10 Å². The van der Waals surface area contributed by atoms with Crippen LogP contribution in [0, 0.1) is 6.92 Å². The van der Waals surface area contributed by atoms with E-state index in [2.05, 4.69) is 10.4 Å². The number of nitrogens with one attached hydrogen (secondary N) is 1.